The van der Waals surface area contributed by atoms with Gasteiger partial charge in [0.15, 0.2) is 11.5 Å². The molecule has 0 radical (unpaired) electrons. The number of carbonyl (C=O) groups is 1. The van der Waals surface area contributed by atoms with Gasteiger partial charge in [0.1, 0.15) is 5.76 Å². The van der Waals surface area contributed by atoms with Crippen LogP contribution in [0.2, 0.25) is 0 Å². The van der Waals surface area contributed by atoms with Gasteiger partial charge in [0.05, 0.1) is 20.3 Å². The van der Waals surface area contributed by atoms with Crippen molar-refractivity contribution in [3.05, 3.63) is 47.4 Å². The lowest BCUT2D eigenvalue weighted by Gasteiger charge is -2.21. The molecule has 0 amide bonds. The molecular weight excluding hydrogens is 326 g/mol. The molecule has 25 heavy (non-hydrogen) atoms. The van der Waals surface area contributed by atoms with Crippen LogP contribution in [0.15, 0.2) is 34.7 Å². The summed E-state index contributed by atoms with van der Waals surface area (Å²) in [5.41, 5.74) is 1.10. The highest BCUT2D eigenvalue weighted by Gasteiger charge is 2.17. The van der Waals surface area contributed by atoms with Crippen molar-refractivity contribution in [1.82, 2.24) is 4.90 Å². The van der Waals surface area contributed by atoms with Crippen LogP contribution >= 0.6 is 0 Å². The summed E-state index contributed by atoms with van der Waals surface area (Å²) in [6.07, 6.45) is 0. The van der Waals surface area contributed by atoms with Crippen LogP contribution in [-0.2, 0) is 22.6 Å². The van der Waals surface area contributed by atoms with E-state index in [4.69, 9.17) is 18.6 Å². The number of methoxy groups -OCH3 is 2. The van der Waals surface area contributed by atoms with Gasteiger partial charge in [0.25, 0.3) is 0 Å². The monoisotopic (exact) mass is 347 g/mol. The number of furan rings is 1. The zero-order valence-electron chi connectivity index (χ0n) is 14.3. The Morgan fingerprint density at radius 2 is 1.96 bits per heavy atom. The summed E-state index contributed by atoms with van der Waals surface area (Å²) in [7, 11) is 3.00. The van der Waals surface area contributed by atoms with Crippen molar-refractivity contribution in [2.24, 2.45) is 0 Å². The number of hydrogen-bond acceptors (Lipinski definition) is 7. The standard InChI is InChI=1S/C18H21NO6/c1-21-8-7-19(11-14-4-6-16(25-14)18(20)22-2)10-13-3-5-15-17(9-13)24-12-23-15/h3-6,9H,7-8,10-12H2,1-2H3. The van der Waals surface area contributed by atoms with Gasteiger partial charge in [-0.3, -0.25) is 4.90 Å². The Morgan fingerprint density at radius 1 is 1.12 bits per heavy atom. The van der Waals surface area contributed by atoms with Crippen LogP contribution in [-0.4, -0.2) is 45.0 Å². The molecular formula is C18H21NO6. The second-order valence-corrected chi connectivity index (χ2v) is 5.65. The van der Waals surface area contributed by atoms with Crippen molar-refractivity contribution in [3.8, 4) is 11.5 Å². The summed E-state index contributed by atoms with van der Waals surface area (Å²) in [5.74, 6) is 1.94. The minimum absolute atomic E-state index is 0.201. The third kappa shape index (κ3) is 4.32. The number of benzene rings is 1. The molecule has 7 heteroatoms. The molecule has 0 aliphatic carbocycles. The van der Waals surface area contributed by atoms with Crippen LogP contribution in [0.4, 0.5) is 0 Å². The third-order valence-electron chi connectivity index (χ3n) is 3.88. The first kappa shape index (κ1) is 17.3. The zero-order valence-corrected chi connectivity index (χ0v) is 14.3. The summed E-state index contributed by atoms with van der Waals surface area (Å²) in [6.45, 7) is 2.81. The fourth-order valence-corrected chi connectivity index (χ4v) is 2.63. The molecule has 2 aromatic rings. The summed E-state index contributed by atoms with van der Waals surface area (Å²) >= 11 is 0. The number of nitrogens with zero attached hydrogens (tertiary/aromatic N) is 1. The summed E-state index contributed by atoms with van der Waals surface area (Å²) in [4.78, 5) is 13.7. The van der Waals surface area contributed by atoms with Crippen molar-refractivity contribution in [2.45, 2.75) is 13.1 Å². The van der Waals surface area contributed by atoms with Crippen LogP contribution in [0.1, 0.15) is 21.9 Å². The molecule has 1 aliphatic heterocycles. The molecule has 134 valence electrons. The van der Waals surface area contributed by atoms with Crippen LogP contribution in [0.5, 0.6) is 11.5 Å². The minimum Gasteiger partial charge on any atom is -0.463 e. The predicted molar refractivity (Wildman–Crippen MR) is 88.6 cm³/mol. The number of fused-ring (bicyclic) bond motifs is 1. The smallest absolute Gasteiger partial charge is 0.373 e. The van der Waals surface area contributed by atoms with Crippen molar-refractivity contribution in [2.75, 3.05) is 34.2 Å². The van der Waals surface area contributed by atoms with E-state index in [1.807, 2.05) is 18.2 Å². The van der Waals surface area contributed by atoms with Crippen molar-refractivity contribution >= 4 is 5.97 Å². The summed E-state index contributed by atoms with van der Waals surface area (Å²) < 4.78 is 26.2. The number of rotatable bonds is 8. The van der Waals surface area contributed by atoms with E-state index >= 15 is 0 Å². The Balaban J connectivity index is 1.68. The predicted octanol–water partition coefficient (Wildman–Crippen LogP) is 2.44. The Hall–Kier alpha value is -2.51. The highest BCUT2D eigenvalue weighted by atomic mass is 16.7. The SMILES string of the molecule is COCCN(Cc1ccc2c(c1)OCO2)Cc1ccc(C(=O)OC)o1. The fraction of sp³-hybridized carbons (Fsp3) is 0.389. The topological polar surface area (TPSA) is 70.4 Å². The average molecular weight is 347 g/mol. The first-order valence-electron chi connectivity index (χ1n) is 7.96. The highest BCUT2D eigenvalue weighted by molar-refractivity contribution is 5.86. The van der Waals surface area contributed by atoms with Gasteiger partial charge in [0, 0.05) is 20.2 Å². The number of carbonyl (C=O) groups excluding carboxylic acids is 1. The Kier molecular flexibility index (Phi) is 5.57. The molecule has 0 N–H and O–H groups in total. The average Bonchev–Trinajstić information content (AvgIpc) is 3.27. The first-order valence-corrected chi connectivity index (χ1v) is 7.96. The van der Waals surface area contributed by atoms with Gasteiger partial charge in [-0.05, 0) is 29.8 Å². The van der Waals surface area contributed by atoms with Gasteiger partial charge in [-0.25, -0.2) is 4.79 Å². The summed E-state index contributed by atoms with van der Waals surface area (Å²) in [5, 5.41) is 0. The van der Waals surface area contributed by atoms with E-state index in [0.717, 1.165) is 23.6 Å². The number of esters is 1. The van der Waals surface area contributed by atoms with Crippen LogP contribution in [0.25, 0.3) is 0 Å². The van der Waals surface area contributed by atoms with Gasteiger partial charge < -0.3 is 23.4 Å². The number of ether oxygens (including phenoxy) is 4. The fourth-order valence-electron chi connectivity index (χ4n) is 2.63. The van der Waals surface area contributed by atoms with E-state index in [1.54, 1.807) is 19.2 Å². The second kappa shape index (κ2) is 8.04. The molecule has 7 nitrogen and oxygen atoms in total. The van der Waals surface area contributed by atoms with Crippen molar-refractivity contribution < 1.29 is 28.2 Å². The maximum absolute atomic E-state index is 11.5. The molecule has 0 fully saturated rings. The van der Waals surface area contributed by atoms with Crippen molar-refractivity contribution in [3.63, 3.8) is 0 Å². The zero-order chi connectivity index (χ0) is 17.6. The largest absolute Gasteiger partial charge is 0.463 e. The Labute approximate surface area is 146 Å². The van der Waals surface area contributed by atoms with Crippen molar-refractivity contribution in [1.29, 1.82) is 0 Å². The molecule has 0 unspecified atom stereocenters. The Morgan fingerprint density at radius 3 is 2.76 bits per heavy atom. The van der Waals surface area contributed by atoms with Crippen LogP contribution in [0.3, 0.4) is 0 Å². The van der Waals surface area contributed by atoms with Gasteiger partial charge in [-0.15, -0.1) is 0 Å². The van der Waals surface area contributed by atoms with Gasteiger partial charge in [0.2, 0.25) is 12.6 Å². The molecule has 0 saturated heterocycles. The van der Waals surface area contributed by atoms with Gasteiger partial charge >= 0.3 is 5.97 Å². The van der Waals surface area contributed by atoms with Gasteiger partial charge in [-0.1, -0.05) is 6.07 Å². The maximum atomic E-state index is 11.5. The third-order valence-corrected chi connectivity index (χ3v) is 3.88. The normalized spacial score (nSPS) is 12.6. The number of hydrogen-bond donors (Lipinski definition) is 0. The van der Waals surface area contributed by atoms with E-state index in [2.05, 4.69) is 9.64 Å². The van der Waals surface area contributed by atoms with Gasteiger partial charge in [-0.2, -0.15) is 0 Å². The van der Waals surface area contributed by atoms with Crippen LogP contribution in [0, 0.1) is 0 Å². The molecule has 0 bridgehead atoms. The van der Waals surface area contributed by atoms with Crippen LogP contribution < -0.4 is 9.47 Å². The molecule has 0 spiro atoms. The molecule has 1 aromatic heterocycles. The molecule has 1 aliphatic rings. The maximum Gasteiger partial charge on any atom is 0.373 e. The minimum atomic E-state index is -0.481. The highest BCUT2D eigenvalue weighted by Crippen LogP contribution is 2.32. The molecule has 1 aromatic carbocycles. The second-order valence-electron chi connectivity index (χ2n) is 5.65. The first-order chi connectivity index (χ1) is 12.2. The lowest BCUT2D eigenvalue weighted by atomic mass is 10.2. The van der Waals surface area contributed by atoms with E-state index in [0.29, 0.717) is 25.5 Å². The molecule has 2 heterocycles. The van der Waals surface area contributed by atoms with E-state index < -0.39 is 5.97 Å². The molecule has 3 rings (SSSR count). The summed E-state index contributed by atoms with van der Waals surface area (Å²) in [6, 6.07) is 9.30. The lowest BCUT2D eigenvalue weighted by Crippen LogP contribution is -2.26. The van der Waals surface area contributed by atoms with E-state index in [9.17, 15) is 4.79 Å². The molecule has 0 saturated carbocycles. The van der Waals surface area contributed by atoms with E-state index in [1.165, 1.54) is 7.11 Å². The quantitative estimate of drug-likeness (QED) is 0.679. The Bertz CT molecular complexity index is 726. The lowest BCUT2D eigenvalue weighted by molar-refractivity contribution is 0.0560. The molecule has 0 atom stereocenters. The van der Waals surface area contributed by atoms with E-state index in [-0.39, 0.29) is 12.6 Å².